The molecule has 7 heteroatoms. The van der Waals surface area contributed by atoms with E-state index < -0.39 is 5.60 Å². The molecule has 1 atom stereocenters. The van der Waals surface area contributed by atoms with Gasteiger partial charge in [-0.25, -0.2) is 0 Å². The minimum atomic E-state index is -1.25. The van der Waals surface area contributed by atoms with Crippen molar-refractivity contribution < 1.29 is 14.4 Å². The number of aromatic nitrogens is 2. The fourth-order valence-corrected chi connectivity index (χ4v) is 4.13. The molecule has 0 saturated carbocycles. The Balaban J connectivity index is 1.35. The molecule has 1 amide bonds. The number of carbonyl (C=O) groups is 1. The van der Waals surface area contributed by atoms with Gasteiger partial charge in [-0.3, -0.25) is 9.69 Å². The maximum absolute atomic E-state index is 12.4. The fourth-order valence-electron chi connectivity index (χ4n) is 4.13. The molecule has 2 saturated heterocycles. The summed E-state index contributed by atoms with van der Waals surface area (Å²) in [6.07, 6.45) is 3.16. The molecule has 3 heterocycles. The predicted molar refractivity (Wildman–Crippen MR) is 100.0 cm³/mol. The van der Waals surface area contributed by atoms with Crippen LogP contribution in [0.1, 0.15) is 37.5 Å². The van der Waals surface area contributed by atoms with Crippen molar-refractivity contribution in [1.29, 1.82) is 0 Å². The molecule has 2 aliphatic rings. The Morgan fingerprint density at radius 2 is 1.96 bits per heavy atom. The lowest BCUT2D eigenvalue weighted by atomic mass is 9.89. The van der Waals surface area contributed by atoms with Crippen LogP contribution in [0.2, 0.25) is 0 Å². The van der Waals surface area contributed by atoms with Crippen LogP contribution in [0.25, 0.3) is 11.4 Å². The number of nitrogens with zero attached hydrogens (tertiary/aromatic N) is 4. The third-order valence-electron chi connectivity index (χ3n) is 5.72. The number of piperidine rings is 2. The molecule has 27 heavy (non-hydrogen) atoms. The summed E-state index contributed by atoms with van der Waals surface area (Å²) in [5.41, 5.74) is -0.294. The fraction of sp³-hybridized carbons (Fsp3) is 0.550. The minimum absolute atomic E-state index is 0.153. The Morgan fingerprint density at radius 3 is 2.70 bits per heavy atom. The van der Waals surface area contributed by atoms with Gasteiger partial charge in [0.15, 0.2) is 5.60 Å². The minimum Gasteiger partial charge on any atom is -0.379 e. The van der Waals surface area contributed by atoms with Gasteiger partial charge in [0.2, 0.25) is 11.7 Å². The first kappa shape index (κ1) is 18.1. The first-order valence-electron chi connectivity index (χ1n) is 9.64. The Morgan fingerprint density at radius 1 is 1.22 bits per heavy atom. The average Bonchev–Trinajstić information content (AvgIpc) is 3.18. The van der Waals surface area contributed by atoms with Gasteiger partial charge in [0.25, 0.3) is 5.91 Å². The maximum Gasteiger partial charge on any atom is 0.255 e. The number of amides is 1. The number of aliphatic hydroxyl groups is 1. The van der Waals surface area contributed by atoms with Crippen LogP contribution in [0.15, 0.2) is 34.9 Å². The van der Waals surface area contributed by atoms with E-state index in [-0.39, 0.29) is 11.8 Å². The van der Waals surface area contributed by atoms with Crippen molar-refractivity contribution in [3.05, 3.63) is 36.2 Å². The van der Waals surface area contributed by atoms with Crippen molar-refractivity contribution in [2.75, 3.05) is 33.2 Å². The molecule has 0 unspecified atom stereocenters. The van der Waals surface area contributed by atoms with Gasteiger partial charge in [-0.15, -0.1) is 0 Å². The SMILES string of the molecule is CN1CCC[C@@](O)(CN2CCC(c3nc(-c4ccccc4)no3)CC2)C1=O. The normalized spacial score (nSPS) is 25.1. The van der Waals surface area contributed by atoms with Crippen LogP contribution in [0, 0.1) is 0 Å². The van der Waals surface area contributed by atoms with Crippen LogP contribution < -0.4 is 0 Å². The second-order valence-corrected chi connectivity index (χ2v) is 7.73. The first-order chi connectivity index (χ1) is 13.0. The van der Waals surface area contributed by atoms with E-state index in [1.807, 2.05) is 30.3 Å². The third-order valence-corrected chi connectivity index (χ3v) is 5.72. The molecule has 0 bridgehead atoms. The molecule has 7 nitrogen and oxygen atoms in total. The van der Waals surface area contributed by atoms with E-state index in [4.69, 9.17) is 4.52 Å². The molecule has 0 radical (unpaired) electrons. The Bertz CT molecular complexity index is 786. The molecule has 0 aliphatic carbocycles. The van der Waals surface area contributed by atoms with Crippen molar-refractivity contribution in [3.8, 4) is 11.4 Å². The standard InChI is InChI=1S/C20H26N4O3/c1-23-11-5-10-20(26,19(23)25)14-24-12-8-16(9-13-24)18-21-17(22-27-18)15-6-3-2-4-7-15/h2-4,6-7,16,26H,5,8-14H2,1H3/t20-/m1/s1. The molecule has 2 aliphatic heterocycles. The van der Waals surface area contributed by atoms with E-state index >= 15 is 0 Å². The summed E-state index contributed by atoms with van der Waals surface area (Å²) >= 11 is 0. The number of likely N-dealkylation sites (tertiary alicyclic amines) is 2. The molecule has 2 aromatic rings. The number of rotatable bonds is 4. The predicted octanol–water partition coefficient (Wildman–Crippen LogP) is 1.90. The second-order valence-electron chi connectivity index (χ2n) is 7.73. The van der Waals surface area contributed by atoms with E-state index in [0.717, 1.165) is 44.5 Å². The van der Waals surface area contributed by atoms with Crippen molar-refractivity contribution in [2.24, 2.45) is 0 Å². The largest absolute Gasteiger partial charge is 0.379 e. The number of carbonyl (C=O) groups excluding carboxylic acids is 1. The van der Waals surface area contributed by atoms with Crippen LogP contribution >= 0.6 is 0 Å². The van der Waals surface area contributed by atoms with Gasteiger partial charge in [0.1, 0.15) is 0 Å². The van der Waals surface area contributed by atoms with E-state index in [2.05, 4.69) is 15.0 Å². The van der Waals surface area contributed by atoms with Gasteiger partial charge >= 0.3 is 0 Å². The van der Waals surface area contributed by atoms with Crippen molar-refractivity contribution in [2.45, 2.75) is 37.2 Å². The Hall–Kier alpha value is -2.25. The van der Waals surface area contributed by atoms with Crippen LogP contribution in [-0.2, 0) is 4.79 Å². The zero-order valence-electron chi connectivity index (χ0n) is 15.7. The quantitative estimate of drug-likeness (QED) is 0.885. The lowest BCUT2D eigenvalue weighted by Crippen LogP contribution is -2.58. The first-order valence-corrected chi connectivity index (χ1v) is 9.64. The third kappa shape index (κ3) is 3.75. The van der Waals surface area contributed by atoms with Crippen LogP contribution in [0.3, 0.4) is 0 Å². The maximum atomic E-state index is 12.4. The highest BCUT2D eigenvalue weighted by molar-refractivity contribution is 5.85. The summed E-state index contributed by atoms with van der Waals surface area (Å²) in [5, 5.41) is 14.9. The van der Waals surface area contributed by atoms with Crippen LogP contribution in [-0.4, -0.2) is 69.8 Å². The van der Waals surface area contributed by atoms with E-state index in [1.54, 1.807) is 11.9 Å². The number of β-amino-alcohol motifs (C(OH)–C–C–N with tert-alkyl or cyclic N) is 1. The highest BCUT2D eigenvalue weighted by Crippen LogP contribution is 2.30. The van der Waals surface area contributed by atoms with Crippen LogP contribution in [0.4, 0.5) is 0 Å². The van der Waals surface area contributed by atoms with Gasteiger partial charge in [0.05, 0.1) is 0 Å². The average molecular weight is 370 g/mol. The molecule has 1 aromatic heterocycles. The topological polar surface area (TPSA) is 82.7 Å². The molecular formula is C20H26N4O3. The van der Waals surface area contributed by atoms with Crippen molar-refractivity contribution >= 4 is 5.91 Å². The van der Waals surface area contributed by atoms with E-state index in [1.165, 1.54) is 0 Å². The molecule has 4 rings (SSSR count). The number of hydrogen-bond acceptors (Lipinski definition) is 6. The summed E-state index contributed by atoms with van der Waals surface area (Å²) in [6.45, 7) is 2.76. The Labute approximate surface area is 159 Å². The summed E-state index contributed by atoms with van der Waals surface area (Å²) in [6, 6.07) is 9.81. The lowest BCUT2D eigenvalue weighted by molar-refractivity contribution is -0.158. The van der Waals surface area contributed by atoms with Gasteiger partial charge in [-0.2, -0.15) is 4.98 Å². The number of likely N-dealkylation sites (N-methyl/N-ethyl adjacent to an activating group) is 1. The molecule has 0 spiro atoms. The van der Waals surface area contributed by atoms with E-state index in [0.29, 0.717) is 24.7 Å². The van der Waals surface area contributed by atoms with Crippen molar-refractivity contribution in [3.63, 3.8) is 0 Å². The molecule has 2 fully saturated rings. The summed E-state index contributed by atoms with van der Waals surface area (Å²) < 4.78 is 5.50. The molecule has 1 aromatic carbocycles. The molecular weight excluding hydrogens is 344 g/mol. The van der Waals surface area contributed by atoms with E-state index in [9.17, 15) is 9.90 Å². The summed E-state index contributed by atoms with van der Waals surface area (Å²) in [7, 11) is 1.76. The zero-order valence-corrected chi connectivity index (χ0v) is 15.7. The molecule has 144 valence electrons. The van der Waals surface area contributed by atoms with Gasteiger partial charge in [-0.05, 0) is 38.8 Å². The lowest BCUT2D eigenvalue weighted by Gasteiger charge is -2.41. The monoisotopic (exact) mass is 370 g/mol. The number of benzene rings is 1. The second kappa shape index (κ2) is 7.40. The summed E-state index contributed by atoms with van der Waals surface area (Å²) in [4.78, 5) is 20.8. The highest BCUT2D eigenvalue weighted by Gasteiger charge is 2.42. The highest BCUT2D eigenvalue weighted by atomic mass is 16.5. The smallest absolute Gasteiger partial charge is 0.255 e. The zero-order chi connectivity index (χ0) is 18.9. The van der Waals surface area contributed by atoms with Gasteiger partial charge < -0.3 is 14.5 Å². The molecule has 1 N–H and O–H groups in total. The van der Waals surface area contributed by atoms with Crippen LogP contribution in [0.5, 0.6) is 0 Å². The summed E-state index contributed by atoms with van der Waals surface area (Å²) in [5.74, 6) is 1.38. The number of hydrogen-bond donors (Lipinski definition) is 1. The van der Waals surface area contributed by atoms with Gasteiger partial charge in [-0.1, -0.05) is 35.5 Å². The van der Waals surface area contributed by atoms with Crippen molar-refractivity contribution in [1.82, 2.24) is 19.9 Å². The van der Waals surface area contributed by atoms with Gasteiger partial charge in [0, 0.05) is 31.6 Å². The Kier molecular flexibility index (Phi) is 4.97.